The Labute approximate surface area is 123 Å². The average Bonchev–Trinajstić information content (AvgIpc) is 2.47. The van der Waals surface area contributed by atoms with Crippen molar-refractivity contribution in [3.05, 3.63) is 54.1 Å². The fraction of sp³-hybridized carbons (Fsp3) is 0.125. The zero-order chi connectivity index (χ0) is 14.5. The highest BCUT2D eigenvalue weighted by molar-refractivity contribution is 6.28. The number of hydrogen-bond donors (Lipinski definition) is 1. The summed E-state index contributed by atoms with van der Waals surface area (Å²) in [4.78, 5) is 15.8. The summed E-state index contributed by atoms with van der Waals surface area (Å²) in [6.45, 7) is 1.55. The van der Waals surface area contributed by atoms with Crippen molar-refractivity contribution in [1.29, 1.82) is 0 Å². The highest BCUT2D eigenvalue weighted by atomic mass is 35.5. The number of carbonyl (C=O) groups excluding carboxylic acids is 1. The summed E-state index contributed by atoms with van der Waals surface area (Å²) in [7, 11) is 0. The van der Waals surface area contributed by atoms with E-state index in [0.717, 1.165) is 16.8 Å². The van der Waals surface area contributed by atoms with Crippen LogP contribution in [0.2, 0.25) is 0 Å². The third-order valence-corrected chi connectivity index (χ3v) is 3.16. The molecule has 0 aliphatic heterocycles. The molecule has 20 heavy (non-hydrogen) atoms. The van der Waals surface area contributed by atoms with Gasteiger partial charge in [-0.2, -0.15) is 0 Å². The predicted molar refractivity (Wildman–Crippen MR) is 83.9 cm³/mol. The molecule has 0 heterocycles. The van der Waals surface area contributed by atoms with Gasteiger partial charge in [0.25, 0.3) is 0 Å². The minimum atomic E-state index is 0.0353. The molecule has 0 fully saturated rings. The number of para-hydroxylation sites is 1. The molecule has 0 aromatic heterocycles. The summed E-state index contributed by atoms with van der Waals surface area (Å²) >= 11 is 5.67. The van der Waals surface area contributed by atoms with E-state index in [4.69, 9.17) is 17.3 Å². The van der Waals surface area contributed by atoms with Crippen molar-refractivity contribution in [2.75, 3.05) is 5.88 Å². The van der Waals surface area contributed by atoms with Gasteiger partial charge in [-0.1, -0.05) is 36.4 Å². The van der Waals surface area contributed by atoms with Crippen LogP contribution in [-0.2, 0) is 0 Å². The van der Waals surface area contributed by atoms with Gasteiger partial charge < -0.3 is 5.73 Å². The molecular weight excluding hydrogens is 272 g/mol. The van der Waals surface area contributed by atoms with Crippen LogP contribution in [0.1, 0.15) is 17.3 Å². The number of hydrogen-bond acceptors (Lipinski definition) is 2. The van der Waals surface area contributed by atoms with Crippen LogP contribution in [0.25, 0.3) is 11.1 Å². The molecular formula is C16H15ClN2O. The van der Waals surface area contributed by atoms with Gasteiger partial charge in [0.15, 0.2) is 5.78 Å². The van der Waals surface area contributed by atoms with Gasteiger partial charge in [0.05, 0.1) is 11.6 Å². The van der Waals surface area contributed by atoms with Gasteiger partial charge in [0, 0.05) is 11.1 Å². The molecule has 0 saturated carbocycles. The maximum absolute atomic E-state index is 11.5. The molecule has 0 aliphatic rings. The van der Waals surface area contributed by atoms with E-state index in [9.17, 15) is 4.79 Å². The lowest BCUT2D eigenvalue weighted by Crippen LogP contribution is -2.12. The number of carbonyl (C=O) groups is 1. The molecule has 0 atom stereocenters. The third-order valence-electron chi connectivity index (χ3n) is 2.89. The van der Waals surface area contributed by atoms with E-state index in [1.54, 1.807) is 13.0 Å². The van der Waals surface area contributed by atoms with Crippen LogP contribution in [0.4, 0.5) is 5.69 Å². The van der Waals surface area contributed by atoms with E-state index < -0.39 is 0 Å². The first kappa shape index (κ1) is 14.3. The van der Waals surface area contributed by atoms with Gasteiger partial charge in [0.2, 0.25) is 0 Å². The third kappa shape index (κ3) is 3.25. The van der Waals surface area contributed by atoms with Gasteiger partial charge in [0.1, 0.15) is 5.84 Å². The fourth-order valence-electron chi connectivity index (χ4n) is 1.91. The van der Waals surface area contributed by atoms with Gasteiger partial charge in [-0.05, 0) is 24.6 Å². The first-order valence-corrected chi connectivity index (χ1v) is 6.74. The zero-order valence-electron chi connectivity index (χ0n) is 11.1. The second-order valence-electron chi connectivity index (χ2n) is 4.39. The normalized spacial score (nSPS) is 11.4. The highest BCUT2D eigenvalue weighted by Crippen LogP contribution is 2.30. The van der Waals surface area contributed by atoms with Crippen LogP contribution in [0.15, 0.2) is 53.5 Å². The van der Waals surface area contributed by atoms with E-state index in [-0.39, 0.29) is 11.7 Å². The van der Waals surface area contributed by atoms with Gasteiger partial charge >= 0.3 is 0 Å². The zero-order valence-corrected chi connectivity index (χ0v) is 11.9. The Kier molecular flexibility index (Phi) is 4.53. The highest BCUT2D eigenvalue weighted by Gasteiger charge is 2.06. The van der Waals surface area contributed by atoms with E-state index >= 15 is 0 Å². The molecule has 0 radical (unpaired) electrons. The Morgan fingerprint density at radius 2 is 1.95 bits per heavy atom. The molecule has 2 rings (SSSR count). The number of alkyl halides is 1. The van der Waals surface area contributed by atoms with Crippen LogP contribution in [0.5, 0.6) is 0 Å². The Morgan fingerprint density at radius 1 is 1.20 bits per heavy atom. The minimum Gasteiger partial charge on any atom is -0.386 e. The molecule has 0 spiro atoms. The Hall–Kier alpha value is -2.13. The number of nitrogens with two attached hydrogens (primary N) is 1. The molecule has 0 amide bonds. The molecule has 2 aromatic carbocycles. The fourth-order valence-corrected chi connectivity index (χ4v) is 1.97. The summed E-state index contributed by atoms with van der Waals surface area (Å²) in [5, 5.41) is 0. The summed E-state index contributed by atoms with van der Waals surface area (Å²) in [5.74, 6) is 0.580. The molecule has 3 nitrogen and oxygen atoms in total. The summed E-state index contributed by atoms with van der Waals surface area (Å²) in [6, 6.07) is 15.1. The maximum atomic E-state index is 11.5. The number of benzene rings is 2. The number of ketones is 1. The topological polar surface area (TPSA) is 55.5 Å². The second kappa shape index (κ2) is 6.35. The van der Waals surface area contributed by atoms with E-state index in [2.05, 4.69) is 4.99 Å². The lowest BCUT2D eigenvalue weighted by Gasteiger charge is -2.07. The van der Waals surface area contributed by atoms with Crippen LogP contribution >= 0.6 is 11.6 Å². The summed E-state index contributed by atoms with van der Waals surface area (Å²) < 4.78 is 0. The molecule has 4 heteroatoms. The van der Waals surface area contributed by atoms with Crippen molar-refractivity contribution in [3.63, 3.8) is 0 Å². The Balaban J connectivity index is 2.53. The number of halogens is 1. The van der Waals surface area contributed by atoms with Gasteiger partial charge in [-0.15, -0.1) is 11.6 Å². The van der Waals surface area contributed by atoms with Gasteiger partial charge in [-0.3, -0.25) is 4.79 Å². The average molecular weight is 287 g/mol. The maximum Gasteiger partial charge on any atom is 0.159 e. The molecule has 2 aromatic rings. The van der Waals surface area contributed by atoms with Crippen molar-refractivity contribution < 1.29 is 4.79 Å². The van der Waals surface area contributed by atoms with Crippen LogP contribution in [0, 0.1) is 0 Å². The van der Waals surface area contributed by atoms with Crippen LogP contribution < -0.4 is 5.73 Å². The molecule has 2 N–H and O–H groups in total. The summed E-state index contributed by atoms with van der Waals surface area (Å²) in [6.07, 6.45) is 0. The predicted octanol–water partition coefficient (Wildman–Crippen LogP) is 3.78. The minimum absolute atomic E-state index is 0.0353. The number of nitrogens with zero attached hydrogens (tertiary/aromatic N) is 1. The van der Waals surface area contributed by atoms with E-state index in [0.29, 0.717) is 11.4 Å². The first-order valence-electron chi connectivity index (χ1n) is 6.21. The summed E-state index contributed by atoms with van der Waals surface area (Å²) in [5.41, 5.74) is 8.96. The SMILES string of the molecule is CC(=O)c1cccc(-c2ccccc2N=C(N)CCl)c1. The van der Waals surface area contributed by atoms with Crippen LogP contribution in [0.3, 0.4) is 0 Å². The Bertz CT molecular complexity index is 665. The lowest BCUT2D eigenvalue weighted by molar-refractivity contribution is 0.101. The van der Waals surface area contributed by atoms with Crippen LogP contribution in [-0.4, -0.2) is 17.5 Å². The van der Waals surface area contributed by atoms with Crippen molar-refractivity contribution >= 4 is 28.9 Å². The molecule has 102 valence electrons. The molecule has 0 aliphatic carbocycles. The largest absolute Gasteiger partial charge is 0.386 e. The first-order chi connectivity index (χ1) is 9.61. The van der Waals surface area contributed by atoms with E-state index in [1.807, 2.05) is 42.5 Å². The quantitative estimate of drug-likeness (QED) is 0.402. The Morgan fingerprint density at radius 3 is 2.65 bits per heavy atom. The number of rotatable bonds is 4. The number of amidine groups is 1. The smallest absolute Gasteiger partial charge is 0.159 e. The van der Waals surface area contributed by atoms with Crippen molar-refractivity contribution in [3.8, 4) is 11.1 Å². The number of Topliss-reactive ketones (excluding diaryl/α,β-unsaturated/α-hetero) is 1. The van der Waals surface area contributed by atoms with Crippen molar-refractivity contribution in [2.24, 2.45) is 10.7 Å². The van der Waals surface area contributed by atoms with Crippen molar-refractivity contribution in [2.45, 2.75) is 6.92 Å². The van der Waals surface area contributed by atoms with Crippen molar-refractivity contribution in [1.82, 2.24) is 0 Å². The molecule has 0 saturated heterocycles. The van der Waals surface area contributed by atoms with E-state index in [1.165, 1.54) is 0 Å². The second-order valence-corrected chi connectivity index (χ2v) is 4.66. The monoisotopic (exact) mass is 286 g/mol. The number of aliphatic imine (C=N–C) groups is 1. The van der Waals surface area contributed by atoms with Gasteiger partial charge in [-0.25, -0.2) is 4.99 Å². The lowest BCUT2D eigenvalue weighted by atomic mass is 10.0. The standard InChI is InChI=1S/C16H15ClN2O/c1-11(20)12-5-4-6-13(9-12)14-7-2-3-8-15(14)19-16(18)10-17/h2-9H,10H2,1H3,(H2,18,19). The molecule has 0 bridgehead atoms. The molecule has 0 unspecified atom stereocenters.